The molecule has 0 amide bonds. The number of hydrogen-bond donors (Lipinski definition) is 1. The van der Waals surface area contributed by atoms with Crippen LogP contribution in [0.5, 0.6) is 5.75 Å². The van der Waals surface area contributed by atoms with E-state index >= 15 is 0 Å². The average Bonchev–Trinajstić information content (AvgIpc) is 3.19. The van der Waals surface area contributed by atoms with Crippen LogP contribution >= 0.6 is 0 Å². The van der Waals surface area contributed by atoms with Crippen molar-refractivity contribution in [3.63, 3.8) is 0 Å². The fraction of sp³-hybridized carbons (Fsp3) is 0.647. The normalized spacial score (nSPS) is 23.2. The van der Waals surface area contributed by atoms with Gasteiger partial charge < -0.3 is 10.1 Å². The van der Waals surface area contributed by atoms with Crippen molar-refractivity contribution in [1.82, 2.24) is 10.2 Å². The van der Waals surface area contributed by atoms with Crippen LogP contribution in [0.4, 0.5) is 0 Å². The van der Waals surface area contributed by atoms with Gasteiger partial charge >= 0.3 is 0 Å². The highest BCUT2D eigenvalue weighted by molar-refractivity contribution is 5.37. The highest BCUT2D eigenvalue weighted by Gasteiger charge is 2.21. The summed E-state index contributed by atoms with van der Waals surface area (Å²) in [6, 6.07) is 7.39. The maximum absolute atomic E-state index is 5.53. The molecular weight excluding hydrogens is 248 g/mol. The summed E-state index contributed by atoms with van der Waals surface area (Å²) in [5, 5.41) is 3.58. The molecule has 0 radical (unpaired) electrons. The lowest BCUT2D eigenvalue weighted by Gasteiger charge is -2.18. The molecule has 1 saturated carbocycles. The molecule has 1 saturated heterocycles. The first kappa shape index (κ1) is 13.9. The number of benzene rings is 1. The van der Waals surface area contributed by atoms with Crippen molar-refractivity contribution >= 4 is 0 Å². The van der Waals surface area contributed by atoms with Gasteiger partial charge in [-0.3, -0.25) is 4.90 Å². The van der Waals surface area contributed by atoms with Gasteiger partial charge in [0.25, 0.3) is 0 Å². The molecule has 2 fully saturated rings. The summed E-state index contributed by atoms with van der Waals surface area (Å²) >= 11 is 0. The van der Waals surface area contributed by atoms with Crippen LogP contribution in [0.2, 0.25) is 0 Å². The third-order valence-corrected chi connectivity index (χ3v) is 4.42. The quantitative estimate of drug-likeness (QED) is 0.863. The third-order valence-electron chi connectivity index (χ3n) is 4.42. The van der Waals surface area contributed by atoms with Gasteiger partial charge in [0, 0.05) is 31.2 Å². The summed E-state index contributed by atoms with van der Waals surface area (Å²) in [7, 11) is 1.77. The number of methoxy groups -OCH3 is 1. The Kier molecular flexibility index (Phi) is 4.27. The van der Waals surface area contributed by atoms with E-state index in [1.807, 2.05) is 0 Å². The van der Waals surface area contributed by atoms with Gasteiger partial charge in [-0.2, -0.15) is 0 Å². The van der Waals surface area contributed by atoms with E-state index in [0.29, 0.717) is 0 Å². The molecule has 1 unspecified atom stereocenters. The van der Waals surface area contributed by atoms with Crippen LogP contribution in [0.1, 0.15) is 37.3 Å². The fourth-order valence-electron chi connectivity index (χ4n) is 3.03. The van der Waals surface area contributed by atoms with E-state index in [2.05, 4.69) is 35.3 Å². The van der Waals surface area contributed by atoms with E-state index in [0.717, 1.165) is 30.8 Å². The Labute approximate surface area is 122 Å². The molecular formula is C17H26N2O. The minimum atomic E-state index is 0.764. The van der Waals surface area contributed by atoms with Crippen molar-refractivity contribution in [2.75, 3.05) is 20.2 Å². The molecule has 3 nitrogen and oxygen atoms in total. The van der Waals surface area contributed by atoms with Crippen LogP contribution in [-0.4, -0.2) is 31.1 Å². The zero-order valence-electron chi connectivity index (χ0n) is 12.7. The van der Waals surface area contributed by atoms with Gasteiger partial charge in [-0.05, 0) is 49.4 Å². The predicted octanol–water partition coefficient (Wildman–Crippen LogP) is 2.79. The van der Waals surface area contributed by atoms with Gasteiger partial charge in [-0.25, -0.2) is 0 Å². The molecule has 0 bridgehead atoms. The molecule has 110 valence electrons. The molecule has 2 aliphatic rings. The molecule has 1 aliphatic heterocycles. The number of rotatable bonds is 6. The standard InChI is InChI=1S/C17H26N2O/c1-13-7-8-19(11-13)12-15-9-14(3-6-17(15)20-2)10-18-16-4-5-16/h3,6,9,13,16,18H,4-5,7-8,10-12H2,1-2H3. The van der Waals surface area contributed by atoms with E-state index < -0.39 is 0 Å². The lowest BCUT2D eigenvalue weighted by Crippen LogP contribution is -2.20. The van der Waals surface area contributed by atoms with Crippen LogP contribution in [0.3, 0.4) is 0 Å². The topological polar surface area (TPSA) is 24.5 Å². The molecule has 0 spiro atoms. The van der Waals surface area contributed by atoms with Gasteiger partial charge in [0.1, 0.15) is 5.75 Å². The first-order valence-corrected chi connectivity index (χ1v) is 7.86. The van der Waals surface area contributed by atoms with Crippen LogP contribution < -0.4 is 10.1 Å². The Morgan fingerprint density at radius 3 is 2.80 bits per heavy atom. The zero-order valence-corrected chi connectivity index (χ0v) is 12.7. The number of nitrogens with zero attached hydrogens (tertiary/aromatic N) is 1. The molecule has 3 heteroatoms. The van der Waals surface area contributed by atoms with Gasteiger partial charge in [-0.1, -0.05) is 13.0 Å². The van der Waals surface area contributed by atoms with Crippen LogP contribution in [0, 0.1) is 5.92 Å². The molecule has 20 heavy (non-hydrogen) atoms. The largest absolute Gasteiger partial charge is 0.496 e. The van der Waals surface area contributed by atoms with Crippen molar-refractivity contribution in [1.29, 1.82) is 0 Å². The monoisotopic (exact) mass is 274 g/mol. The summed E-state index contributed by atoms with van der Waals surface area (Å²) < 4.78 is 5.53. The Morgan fingerprint density at radius 1 is 1.30 bits per heavy atom. The van der Waals surface area contributed by atoms with E-state index in [1.54, 1.807) is 7.11 Å². The van der Waals surface area contributed by atoms with Crippen molar-refractivity contribution in [2.24, 2.45) is 5.92 Å². The van der Waals surface area contributed by atoms with Crippen LogP contribution in [-0.2, 0) is 13.1 Å². The van der Waals surface area contributed by atoms with Crippen LogP contribution in [0.15, 0.2) is 18.2 Å². The van der Waals surface area contributed by atoms with Crippen LogP contribution in [0.25, 0.3) is 0 Å². The van der Waals surface area contributed by atoms with Crippen molar-refractivity contribution < 1.29 is 4.74 Å². The SMILES string of the molecule is COc1ccc(CNC2CC2)cc1CN1CCC(C)C1. The molecule has 1 atom stereocenters. The van der Waals surface area contributed by atoms with E-state index in [9.17, 15) is 0 Å². The summed E-state index contributed by atoms with van der Waals surface area (Å²) in [6.07, 6.45) is 4.01. The lowest BCUT2D eigenvalue weighted by atomic mass is 10.1. The van der Waals surface area contributed by atoms with E-state index in [1.165, 1.54) is 43.5 Å². The Bertz CT molecular complexity index is 456. The van der Waals surface area contributed by atoms with Crippen molar-refractivity contribution in [2.45, 2.75) is 45.3 Å². The maximum atomic E-state index is 5.53. The summed E-state index contributed by atoms with van der Waals surface area (Å²) in [6.45, 7) is 6.78. The van der Waals surface area contributed by atoms with Gasteiger partial charge in [-0.15, -0.1) is 0 Å². The van der Waals surface area contributed by atoms with E-state index in [4.69, 9.17) is 4.74 Å². The van der Waals surface area contributed by atoms with Crippen molar-refractivity contribution in [3.05, 3.63) is 29.3 Å². The predicted molar refractivity (Wildman–Crippen MR) is 81.9 cm³/mol. The molecule has 1 aromatic rings. The fourth-order valence-corrected chi connectivity index (χ4v) is 3.03. The molecule has 0 aromatic heterocycles. The zero-order chi connectivity index (χ0) is 13.9. The lowest BCUT2D eigenvalue weighted by molar-refractivity contribution is 0.311. The van der Waals surface area contributed by atoms with E-state index in [-0.39, 0.29) is 0 Å². The number of likely N-dealkylation sites (tertiary alicyclic amines) is 1. The number of nitrogens with one attached hydrogen (secondary N) is 1. The summed E-state index contributed by atoms with van der Waals surface area (Å²) in [5.74, 6) is 1.86. The Morgan fingerprint density at radius 2 is 2.15 bits per heavy atom. The molecule has 1 N–H and O–H groups in total. The molecule has 1 aliphatic carbocycles. The molecule has 1 aromatic carbocycles. The highest BCUT2D eigenvalue weighted by Crippen LogP contribution is 2.25. The number of hydrogen-bond acceptors (Lipinski definition) is 3. The number of ether oxygens (including phenoxy) is 1. The summed E-state index contributed by atoms with van der Waals surface area (Å²) in [5.41, 5.74) is 2.71. The molecule has 1 heterocycles. The Hall–Kier alpha value is -1.06. The molecule has 3 rings (SSSR count). The van der Waals surface area contributed by atoms with Crippen molar-refractivity contribution in [3.8, 4) is 5.75 Å². The Balaban J connectivity index is 1.67. The van der Waals surface area contributed by atoms with Gasteiger partial charge in [0.2, 0.25) is 0 Å². The maximum Gasteiger partial charge on any atom is 0.123 e. The smallest absolute Gasteiger partial charge is 0.123 e. The first-order valence-electron chi connectivity index (χ1n) is 7.86. The van der Waals surface area contributed by atoms with Gasteiger partial charge in [0.15, 0.2) is 0 Å². The third kappa shape index (κ3) is 3.53. The average molecular weight is 274 g/mol. The second kappa shape index (κ2) is 6.15. The second-order valence-corrected chi connectivity index (χ2v) is 6.43. The minimum absolute atomic E-state index is 0.764. The van der Waals surface area contributed by atoms with Gasteiger partial charge in [0.05, 0.1) is 7.11 Å². The summed E-state index contributed by atoms with van der Waals surface area (Å²) in [4.78, 5) is 2.54. The second-order valence-electron chi connectivity index (χ2n) is 6.43. The minimum Gasteiger partial charge on any atom is -0.496 e. The first-order chi connectivity index (χ1) is 9.74. The highest BCUT2D eigenvalue weighted by atomic mass is 16.5.